The zero-order valence-electron chi connectivity index (χ0n) is 29.7. The number of anilines is 3. The predicted molar refractivity (Wildman–Crippen MR) is 195 cm³/mol. The zero-order chi connectivity index (χ0) is 39.0. The average Bonchev–Trinajstić information content (AvgIpc) is 3.54. The molecule has 5 rings (SSSR count). The van der Waals surface area contributed by atoms with Crippen LogP contribution in [0.3, 0.4) is 0 Å². The lowest BCUT2D eigenvalue weighted by atomic mass is 10.1. The summed E-state index contributed by atoms with van der Waals surface area (Å²) in [6, 6.07) is 20.0. The summed E-state index contributed by atoms with van der Waals surface area (Å²) in [5.74, 6) is -1.95. The highest BCUT2D eigenvalue weighted by Crippen LogP contribution is 2.35. The maximum absolute atomic E-state index is 13.6. The second kappa shape index (κ2) is 17.0. The molecule has 282 valence electrons. The van der Waals surface area contributed by atoms with Crippen LogP contribution in [0.1, 0.15) is 25.8 Å². The van der Waals surface area contributed by atoms with Gasteiger partial charge in [0.2, 0.25) is 18.6 Å². The van der Waals surface area contributed by atoms with Gasteiger partial charge in [0.1, 0.15) is 18.1 Å². The van der Waals surface area contributed by atoms with E-state index in [0.717, 1.165) is 16.7 Å². The Balaban J connectivity index is 1.35. The van der Waals surface area contributed by atoms with E-state index in [9.17, 15) is 32.0 Å². The lowest BCUT2D eigenvalue weighted by Crippen LogP contribution is -2.33. The van der Waals surface area contributed by atoms with Crippen LogP contribution in [0.15, 0.2) is 90.0 Å². The summed E-state index contributed by atoms with van der Waals surface area (Å²) in [6.07, 6.45) is 1.89. The highest BCUT2D eigenvalue weighted by atomic mass is 32.2. The third kappa shape index (κ3) is 10.2. The van der Waals surface area contributed by atoms with E-state index in [1.807, 2.05) is 13.8 Å². The number of sulfone groups is 1. The summed E-state index contributed by atoms with van der Waals surface area (Å²) < 4.78 is 54.8. The fourth-order valence-corrected chi connectivity index (χ4v) is 5.75. The number of methoxy groups -OCH3 is 1. The van der Waals surface area contributed by atoms with Gasteiger partial charge in [0, 0.05) is 36.2 Å². The number of halogens is 1. The molecule has 0 aliphatic rings. The predicted octanol–water partition coefficient (Wildman–Crippen LogP) is 5.07. The molecule has 5 aromatic rings. The minimum Gasteiger partial charge on any atom is -0.495 e. The van der Waals surface area contributed by atoms with Crippen molar-refractivity contribution in [3.05, 3.63) is 96.4 Å². The van der Waals surface area contributed by atoms with Crippen LogP contribution in [0.2, 0.25) is 0 Å². The van der Waals surface area contributed by atoms with Crippen LogP contribution in [0.4, 0.5) is 26.5 Å². The molecule has 17 heteroatoms. The van der Waals surface area contributed by atoms with E-state index in [0.29, 0.717) is 22.5 Å². The number of carbonyl (C=O) groups is 4. The Labute approximate surface area is 310 Å². The summed E-state index contributed by atoms with van der Waals surface area (Å²) in [5.41, 5.74) is 3.05. The molecule has 0 atom stereocenters. The fraction of sp³-hybridized carbons (Fsp3) is 0.243. The van der Waals surface area contributed by atoms with Gasteiger partial charge in [0.15, 0.2) is 15.5 Å². The number of fused-ring (bicyclic) bond motifs is 1. The number of nitrogens with one attached hydrogen (secondary N) is 2. The van der Waals surface area contributed by atoms with Crippen LogP contribution in [-0.2, 0) is 40.1 Å². The molecule has 15 nitrogen and oxygen atoms in total. The topological polar surface area (TPSA) is 188 Å². The normalized spacial score (nSPS) is 11.2. The van der Waals surface area contributed by atoms with Crippen molar-refractivity contribution in [2.24, 2.45) is 5.92 Å². The summed E-state index contributed by atoms with van der Waals surface area (Å²) in [4.78, 5) is 55.5. The highest BCUT2D eigenvalue weighted by molar-refractivity contribution is 7.90. The lowest BCUT2D eigenvalue weighted by molar-refractivity contribution is -0.151. The minimum absolute atomic E-state index is 0.0235. The van der Waals surface area contributed by atoms with Crippen LogP contribution in [-0.4, -0.2) is 73.6 Å². The van der Waals surface area contributed by atoms with Crippen LogP contribution < -0.4 is 20.3 Å². The van der Waals surface area contributed by atoms with Gasteiger partial charge >= 0.3 is 12.1 Å². The number of carbonyl (C=O) groups excluding carboxylic acids is 4. The molecule has 0 radical (unpaired) electrons. The van der Waals surface area contributed by atoms with Crippen molar-refractivity contribution >= 4 is 56.7 Å². The molecule has 0 saturated carbocycles. The maximum atomic E-state index is 13.6. The molecule has 2 heterocycles. The third-order valence-corrected chi connectivity index (χ3v) is 8.84. The Kier molecular flexibility index (Phi) is 12.2. The molecule has 0 aliphatic heterocycles. The Morgan fingerprint density at radius 2 is 1.61 bits per heavy atom. The molecular formula is C37H37FN6O9S. The molecule has 0 bridgehead atoms. The number of rotatable bonds is 14. The minimum atomic E-state index is -3.65. The zero-order valence-corrected chi connectivity index (χ0v) is 30.6. The molecule has 3 aromatic carbocycles. The Bertz CT molecular complexity index is 2280. The Hall–Kier alpha value is -6.36. The van der Waals surface area contributed by atoms with E-state index >= 15 is 0 Å². The van der Waals surface area contributed by atoms with E-state index in [1.54, 1.807) is 54.7 Å². The van der Waals surface area contributed by atoms with E-state index in [1.165, 1.54) is 42.0 Å². The second-order valence-electron chi connectivity index (χ2n) is 12.4. The summed E-state index contributed by atoms with van der Waals surface area (Å²) in [6.45, 7) is 2.46. The van der Waals surface area contributed by atoms with Gasteiger partial charge in [-0.15, -0.1) is 5.10 Å². The first-order chi connectivity index (χ1) is 25.7. The first-order valence-electron chi connectivity index (χ1n) is 16.5. The molecule has 0 saturated heterocycles. The Morgan fingerprint density at radius 1 is 0.907 bits per heavy atom. The smallest absolute Gasteiger partial charge is 0.424 e. The number of aromatic nitrogens is 3. The molecule has 0 fully saturated rings. The number of hydrogen-bond donors (Lipinski definition) is 2. The highest BCUT2D eigenvalue weighted by Gasteiger charge is 2.28. The van der Waals surface area contributed by atoms with Crippen molar-refractivity contribution < 1.29 is 46.2 Å². The number of nitrogens with zero attached hydrogens (tertiary/aromatic N) is 4. The first-order valence-corrected chi connectivity index (χ1v) is 18.4. The number of hydrogen-bond acceptors (Lipinski definition) is 11. The average molecular weight is 761 g/mol. The van der Waals surface area contributed by atoms with Gasteiger partial charge in [0.05, 0.1) is 24.1 Å². The summed E-state index contributed by atoms with van der Waals surface area (Å²) in [5, 5.41) is 9.73. The number of pyridine rings is 1. The van der Waals surface area contributed by atoms with Gasteiger partial charge in [-0.3, -0.25) is 14.4 Å². The maximum Gasteiger partial charge on any atom is 0.424 e. The van der Waals surface area contributed by atoms with Gasteiger partial charge < -0.3 is 24.8 Å². The van der Waals surface area contributed by atoms with Crippen molar-refractivity contribution in [1.29, 1.82) is 0 Å². The molecule has 2 aromatic heterocycles. The van der Waals surface area contributed by atoms with Crippen LogP contribution in [0, 0.1) is 11.7 Å². The van der Waals surface area contributed by atoms with E-state index < -0.39 is 35.2 Å². The fourth-order valence-electron chi connectivity index (χ4n) is 5.11. The van der Waals surface area contributed by atoms with Gasteiger partial charge in [-0.1, -0.05) is 38.1 Å². The van der Waals surface area contributed by atoms with Crippen LogP contribution >= 0.6 is 0 Å². The van der Waals surface area contributed by atoms with E-state index in [2.05, 4.69) is 20.7 Å². The van der Waals surface area contributed by atoms with Gasteiger partial charge in [-0.25, -0.2) is 27.0 Å². The summed E-state index contributed by atoms with van der Waals surface area (Å²) >= 11 is 0. The lowest BCUT2D eigenvalue weighted by Gasteiger charge is -2.21. The molecule has 3 amide bonds. The second-order valence-corrected chi connectivity index (χ2v) is 14.4. The van der Waals surface area contributed by atoms with Crippen LogP contribution in [0.5, 0.6) is 5.75 Å². The van der Waals surface area contributed by atoms with E-state index in [-0.39, 0.29) is 58.7 Å². The molecule has 0 aliphatic carbocycles. The van der Waals surface area contributed by atoms with Crippen molar-refractivity contribution in [1.82, 2.24) is 19.9 Å². The van der Waals surface area contributed by atoms with Crippen molar-refractivity contribution in [2.45, 2.75) is 31.6 Å². The number of esters is 1. The monoisotopic (exact) mass is 760 g/mol. The molecule has 0 unspecified atom stereocenters. The van der Waals surface area contributed by atoms with Crippen molar-refractivity contribution in [2.75, 3.05) is 36.9 Å². The van der Waals surface area contributed by atoms with E-state index in [4.69, 9.17) is 14.2 Å². The van der Waals surface area contributed by atoms with Crippen molar-refractivity contribution in [3.63, 3.8) is 0 Å². The van der Waals surface area contributed by atoms with Crippen LogP contribution in [0.25, 0.3) is 16.8 Å². The van der Waals surface area contributed by atoms with Gasteiger partial charge in [-0.2, -0.15) is 4.98 Å². The quantitative estimate of drug-likeness (QED) is 0.114. The molecule has 54 heavy (non-hydrogen) atoms. The molecular weight excluding hydrogens is 724 g/mol. The first kappa shape index (κ1) is 38.9. The Morgan fingerprint density at radius 3 is 2.28 bits per heavy atom. The summed E-state index contributed by atoms with van der Waals surface area (Å²) in [7, 11) is -2.36. The van der Waals surface area contributed by atoms with Crippen molar-refractivity contribution in [3.8, 4) is 16.9 Å². The largest absolute Gasteiger partial charge is 0.495 e. The van der Waals surface area contributed by atoms with Gasteiger partial charge in [-0.05, 0) is 65.6 Å². The van der Waals surface area contributed by atoms with Gasteiger partial charge in [0.25, 0.3) is 5.95 Å². The number of amides is 3. The molecule has 2 N–H and O–H groups in total. The number of benzene rings is 3. The number of ether oxygens (including phenoxy) is 3. The standard InChI is InChI=1S/C37H37FN6O9S/c1-23(2)17-33(45)39-20-35(47)52-22-53-37(48)44(30-15-14-29(54(4,49)50)19-31(30)51-3)36-41-32-16-9-26(21-43(32)42-36)25-7-12-28(13-8-25)40-34(46)18-24-5-10-27(38)11-6-24/h5-16,19,21,23H,17-18,20,22H2,1-4H3,(H,39,45)(H,40,46). The molecule has 0 spiro atoms. The SMILES string of the molecule is COc1cc(S(C)(=O)=O)ccc1N(C(=O)OCOC(=O)CNC(=O)CC(C)C)c1nc2ccc(-c3ccc(NC(=O)Cc4ccc(F)cc4)cc3)cn2n1. The third-order valence-electron chi connectivity index (χ3n) is 7.73.